The number of hydrogen-bond donors (Lipinski definition) is 1. The largest absolute Gasteiger partial charge is 0.507 e. The fourth-order valence-corrected chi connectivity index (χ4v) is 4.35. The van der Waals surface area contributed by atoms with E-state index in [-0.39, 0.29) is 30.8 Å². The number of amides is 1. The summed E-state index contributed by atoms with van der Waals surface area (Å²) in [6.45, 7) is 3.67. The average molecular weight is 501 g/mol. The van der Waals surface area contributed by atoms with Crippen LogP contribution >= 0.6 is 0 Å². The van der Waals surface area contributed by atoms with Crippen molar-refractivity contribution in [1.82, 2.24) is 9.88 Å². The number of likely N-dealkylation sites (tertiary alicyclic amines) is 1. The lowest BCUT2D eigenvalue weighted by Gasteiger charge is -2.25. The standard InChI is InChI=1S/C28H24N2O7/c1-16(2)37-28(34)18-7-5-17(6-8-18)14-30-24(20-4-3-11-29-13-20)23(26(32)27(30)33)25(31)19-9-10-21-22(12-19)36-15-35-21/h3-13,16,24,31H,14-15H2,1-2H3/b25-23-. The van der Waals surface area contributed by atoms with Gasteiger partial charge in [0, 0.05) is 24.5 Å². The minimum absolute atomic E-state index is 0.0472. The number of ether oxygens (including phenoxy) is 3. The molecule has 1 amide bonds. The zero-order valence-electron chi connectivity index (χ0n) is 20.2. The minimum Gasteiger partial charge on any atom is -0.507 e. The van der Waals surface area contributed by atoms with E-state index in [1.54, 1.807) is 80.8 Å². The molecule has 5 rings (SSSR count). The van der Waals surface area contributed by atoms with E-state index in [9.17, 15) is 19.5 Å². The first-order valence-electron chi connectivity index (χ1n) is 11.7. The molecule has 1 unspecified atom stereocenters. The van der Waals surface area contributed by atoms with Gasteiger partial charge in [0.25, 0.3) is 11.7 Å². The van der Waals surface area contributed by atoms with Gasteiger partial charge in [0.15, 0.2) is 11.5 Å². The summed E-state index contributed by atoms with van der Waals surface area (Å²) in [4.78, 5) is 44.2. The number of ketones is 1. The highest BCUT2D eigenvalue weighted by molar-refractivity contribution is 6.46. The minimum atomic E-state index is -0.871. The summed E-state index contributed by atoms with van der Waals surface area (Å²) < 4.78 is 15.9. The number of aromatic nitrogens is 1. The van der Waals surface area contributed by atoms with Crippen LogP contribution in [-0.4, -0.2) is 45.5 Å². The number of aliphatic hydroxyl groups is 1. The number of esters is 1. The molecule has 2 aromatic carbocycles. The van der Waals surface area contributed by atoms with Gasteiger partial charge >= 0.3 is 5.97 Å². The molecule has 0 bridgehead atoms. The van der Waals surface area contributed by atoms with E-state index >= 15 is 0 Å². The third kappa shape index (κ3) is 4.63. The highest BCUT2D eigenvalue weighted by Gasteiger charge is 2.46. The Morgan fingerprint density at radius 2 is 1.81 bits per heavy atom. The summed E-state index contributed by atoms with van der Waals surface area (Å²) in [5.74, 6) is -1.35. The maximum Gasteiger partial charge on any atom is 0.338 e. The van der Waals surface area contributed by atoms with Gasteiger partial charge in [0.05, 0.1) is 23.3 Å². The van der Waals surface area contributed by atoms with Crippen molar-refractivity contribution in [2.24, 2.45) is 0 Å². The molecule has 1 atom stereocenters. The molecule has 0 aliphatic carbocycles. The fourth-order valence-electron chi connectivity index (χ4n) is 4.35. The van der Waals surface area contributed by atoms with Crippen LogP contribution in [0.15, 0.2) is 72.6 Å². The number of pyridine rings is 1. The molecule has 1 N–H and O–H groups in total. The monoisotopic (exact) mass is 500 g/mol. The van der Waals surface area contributed by atoms with E-state index in [0.29, 0.717) is 33.8 Å². The second kappa shape index (κ2) is 9.77. The molecule has 1 saturated heterocycles. The maximum atomic E-state index is 13.2. The van der Waals surface area contributed by atoms with Crippen molar-refractivity contribution in [1.29, 1.82) is 0 Å². The van der Waals surface area contributed by atoms with Crippen LogP contribution < -0.4 is 9.47 Å². The summed E-state index contributed by atoms with van der Waals surface area (Å²) in [5.41, 5.74) is 1.92. The summed E-state index contributed by atoms with van der Waals surface area (Å²) >= 11 is 0. The zero-order valence-corrected chi connectivity index (χ0v) is 20.2. The van der Waals surface area contributed by atoms with Gasteiger partial charge in [0.2, 0.25) is 6.79 Å². The van der Waals surface area contributed by atoms with Crippen molar-refractivity contribution in [3.05, 3.63) is 94.8 Å². The summed E-state index contributed by atoms with van der Waals surface area (Å²) in [5, 5.41) is 11.2. The second-order valence-corrected chi connectivity index (χ2v) is 8.93. The Labute approximate surface area is 212 Å². The second-order valence-electron chi connectivity index (χ2n) is 8.93. The third-order valence-corrected chi connectivity index (χ3v) is 6.07. The predicted octanol–water partition coefficient (Wildman–Crippen LogP) is 4.00. The predicted molar refractivity (Wildman–Crippen MR) is 132 cm³/mol. The number of Topliss-reactive ketones (excluding diaryl/α,β-unsaturated/α-hetero) is 1. The van der Waals surface area contributed by atoms with Gasteiger partial charge in [-0.05, 0) is 61.4 Å². The van der Waals surface area contributed by atoms with Crippen molar-refractivity contribution in [2.75, 3.05) is 6.79 Å². The van der Waals surface area contributed by atoms with Crippen LogP contribution in [0.1, 0.15) is 46.9 Å². The van der Waals surface area contributed by atoms with Crippen LogP contribution in [0.5, 0.6) is 11.5 Å². The highest BCUT2D eigenvalue weighted by atomic mass is 16.7. The Morgan fingerprint density at radius 1 is 1.08 bits per heavy atom. The third-order valence-electron chi connectivity index (χ3n) is 6.07. The Kier molecular flexibility index (Phi) is 6.35. The number of rotatable bonds is 6. The highest BCUT2D eigenvalue weighted by Crippen LogP contribution is 2.41. The van der Waals surface area contributed by atoms with E-state index in [1.165, 1.54) is 4.90 Å². The molecule has 37 heavy (non-hydrogen) atoms. The number of hydrogen-bond acceptors (Lipinski definition) is 8. The van der Waals surface area contributed by atoms with Crippen molar-refractivity contribution in [3.8, 4) is 11.5 Å². The van der Waals surface area contributed by atoms with E-state index in [4.69, 9.17) is 14.2 Å². The number of aliphatic hydroxyl groups excluding tert-OH is 1. The van der Waals surface area contributed by atoms with Gasteiger partial charge in [-0.3, -0.25) is 14.6 Å². The van der Waals surface area contributed by atoms with Gasteiger partial charge in [-0.25, -0.2) is 4.79 Å². The molecule has 2 aliphatic rings. The lowest BCUT2D eigenvalue weighted by molar-refractivity contribution is -0.140. The first kappa shape index (κ1) is 24.1. The summed E-state index contributed by atoms with van der Waals surface area (Å²) in [6.07, 6.45) is 2.90. The Hall–Kier alpha value is -4.66. The quantitative estimate of drug-likeness (QED) is 0.234. The number of carbonyl (C=O) groups excluding carboxylic acids is 3. The van der Waals surface area contributed by atoms with Crippen LogP contribution in [0, 0.1) is 0 Å². The zero-order chi connectivity index (χ0) is 26.1. The molecule has 0 spiro atoms. The fraction of sp³-hybridized carbons (Fsp3) is 0.214. The number of fused-ring (bicyclic) bond motifs is 1. The topological polar surface area (TPSA) is 115 Å². The van der Waals surface area contributed by atoms with Gasteiger partial charge in [-0.15, -0.1) is 0 Å². The normalized spacial score (nSPS) is 17.9. The summed E-state index contributed by atoms with van der Waals surface area (Å²) in [7, 11) is 0. The van der Waals surface area contributed by atoms with Gasteiger partial charge in [-0.2, -0.15) is 0 Å². The van der Waals surface area contributed by atoms with Crippen LogP contribution in [0.3, 0.4) is 0 Å². The van der Waals surface area contributed by atoms with E-state index in [2.05, 4.69) is 4.98 Å². The van der Waals surface area contributed by atoms with Crippen molar-refractivity contribution >= 4 is 23.4 Å². The first-order chi connectivity index (χ1) is 17.8. The Bertz CT molecular complexity index is 1400. The van der Waals surface area contributed by atoms with Crippen LogP contribution in [0.4, 0.5) is 0 Å². The van der Waals surface area contributed by atoms with Crippen LogP contribution in [0.2, 0.25) is 0 Å². The smallest absolute Gasteiger partial charge is 0.338 e. The lowest BCUT2D eigenvalue weighted by atomic mass is 9.96. The molecule has 3 aromatic rings. The molecule has 188 valence electrons. The number of benzene rings is 2. The Morgan fingerprint density at radius 3 is 2.51 bits per heavy atom. The lowest BCUT2D eigenvalue weighted by Crippen LogP contribution is -2.29. The molecule has 1 fully saturated rings. The molecular formula is C28H24N2O7. The van der Waals surface area contributed by atoms with Crippen molar-refractivity contribution in [3.63, 3.8) is 0 Å². The molecule has 9 heteroatoms. The summed E-state index contributed by atoms with van der Waals surface area (Å²) in [6, 6.07) is 14.0. The molecule has 3 heterocycles. The van der Waals surface area contributed by atoms with Gasteiger partial charge in [0.1, 0.15) is 5.76 Å². The SMILES string of the molecule is CC(C)OC(=O)c1ccc(CN2C(=O)C(=O)/C(=C(\O)c3ccc4c(c3)OCO4)C2c2cccnc2)cc1. The molecule has 0 saturated carbocycles. The van der Waals surface area contributed by atoms with Gasteiger partial charge in [-0.1, -0.05) is 18.2 Å². The molecule has 9 nitrogen and oxygen atoms in total. The first-order valence-corrected chi connectivity index (χ1v) is 11.7. The van der Waals surface area contributed by atoms with Gasteiger partial charge < -0.3 is 24.2 Å². The maximum absolute atomic E-state index is 13.2. The van der Waals surface area contributed by atoms with Crippen LogP contribution in [-0.2, 0) is 20.9 Å². The number of nitrogens with zero attached hydrogens (tertiary/aromatic N) is 2. The molecule has 1 aromatic heterocycles. The molecule has 0 radical (unpaired) electrons. The molecular weight excluding hydrogens is 476 g/mol. The molecule has 2 aliphatic heterocycles. The van der Waals surface area contributed by atoms with E-state index in [0.717, 1.165) is 0 Å². The van der Waals surface area contributed by atoms with Crippen molar-refractivity contribution in [2.45, 2.75) is 32.5 Å². The Balaban J connectivity index is 1.51. The van der Waals surface area contributed by atoms with E-state index < -0.39 is 23.7 Å². The number of carbonyl (C=O) groups is 3. The van der Waals surface area contributed by atoms with Crippen LogP contribution in [0.25, 0.3) is 5.76 Å². The average Bonchev–Trinajstić information content (AvgIpc) is 3.46. The van der Waals surface area contributed by atoms with Crippen molar-refractivity contribution < 1.29 is 33.7 Å². The van der Waals surface area contributed by atoms with E-state index in [1.807, 2.05) is 0 Å².